The number of aliphatic hydroxyl groups is 2. The fourth-order valence-corrected chi connectivity index (χ4v) is 10.3. The summed E-state index contributed by atoms with van der Waals surface area (Å²) in [5.41, 5.74) is -5.03. The van der Waals surface area contributed by atoms with Gasteiger partial charge in [0.1, 0.15) is 23.4 Å². The van der Waals surface area contributed by atoms with Gasteiger partial charge in [-0.3, -0.25) is 4.79 Å². The van der Waals surface area contributed by atoms with Crippen molar-refractivity contribution in [2.24, 2.45) is 22.7 Å². The van der Waals surface area contributed by atoms with Crippen LogP contribution in [0, 0.1) is 22.7 Å². The van der Waals surface area contributed by atoms with E-state index in [0.717, 1.165) is 16.7 Å². The summed E-state index contributed by atoms with van der Waals surface area (Å²) in [5.74, 6) is -3.07. The number of halogens is 2. The van der Waals surface area contributed by atoms with E-state index < -0.39 is 69.5 Å². The molecular weight excluding hydrogens is 767 g/mol. The molecule has 2 aromatic carbocycles. The Morgan fingerprint density at radius 1 is 0.807 bits per heavy atom. The van der Waals surface area contributed by atoms with Gasteiger partial charge in [0.15, 0.2) is 11.4 Å². The number of benzene rings is 2. The highest BCUT2D eigenvalue weighted by Gasteiger charge is 2.83. The van der Waals surface area contributed by atoms with Crippen molar-refractivity contribution in [2.75, 3.05) is 0 Å². The van der Waals surface area contributed by atoms with Crippen molar-refractivity contribution in [3.05, 3.63) is 105 Å². The number of hydrogen-bond acceptors (Lipinski definition) is 9. The van der Waals surface area contributed by atoms with Gasteiger partial charge >= 0.3 is 17.9 Å². The Kier molecular flexibility index (Phi) is 11.9. The number of allylic oxidation sites excluding steroid dienone is 1. The topological polar surface area (TPSA) is 136 Å². The van der Waals surface area contributed by atoms with E-state index in [4.69, 9.17) is 37.4 Å². The maximum absolute atomic E-state index is 14.0. The molecule has 0 amide bonds. The van der Waals surface area contributed by atoms with Crippen LogP contribution < -0.4 is 0 Å². The molecule has 11 heteroatoms. The van der Waals surface area contributed by atoms with Gasteiger partial charge in [-0.25, -0.2) is 14.4 Å². The molecule has 9 nitrogen and oxygen atoms in total. The maximum Gasteiger partial charge on any atom is 0.331 e. The van der Waals surface area contributed by atoms with Crippen LogP contribution in [0.25, 0.3) is 12.2 Å². The lowest BCUT2D eigenvalue weighted by Crippen LogP contribution is -2.78. The Balaban J connectivity index is 1.34. The number of ether oxygens (including phenoxy) is 3. The van der Waals surface area contributed by atoms with Crippen LogP contribution in [0.2, 0.25) is 10.0 Å². The highest BCUT2D eigenvalue weighted by atomic mass is 35.5. The van der Waals surface area contributed by atoms with E-state index >= 15 is 0 Å². The summed E-state index contributed by atoms with van der Waals surface area (Å²) in [6.07, 6.45) is 8.89. The molecule has 304 valence electrons. The van der Waals surface area contributed by atoms with Gasteiger partial charge in [0.2, 0.25) is 0 Å². The second-order valence-electron chi connectivity index (χ2n) is 17.0. The Morgan fingerprint density at radius 2 is 1.39 bits per heavy atom. The smallest absolute Gasteiger partial charge is 0.331 e. The van der Waals surface area contributed by atoms with Crippen LogP contribution in [-0.4, -0.2) is 62.9 Å². The molecule has 3 saturated carbocycles. The van der Waals surface area contributed by atoms with E-state index in [1.54, 1.807) is 61.5 Å². The molecular formula is C46H52Cl2O9. The molecule has 0 radical (unpaired) electrons. The van der Waals surface area contributed by atoms with Crippen LogP contribution in [-0.2, 0) is 33.4 Å². The molecule has 6 rings (SSSR count). The third-order valence-electron chi connectivity index (χ3n) is 13.7. The fourth-order valence-electron chi connectivity index (χ4n) is 10.1. The predicted molar refractivity (Wildman–Crippen MR) is 219 cm³/mol. The van der Waals surface area contributed by atoms with E-state index in [2.05, 4.69) is 0 Å². The highest BCUT2D eigenvalue weighted by Crippen LogP contribution is 2.71. The van der Waals surface area contributed by atoms with Gasteiger partial charge < -0.3 is 24.4 Å². The van der Waals surface area contributed by atoms with Crippen molar-refractivity contribution in [1.82, 2.24) is 0 Å². The standard InChI is InChI=1S/C46H52Cl2O9/c1-28(2)29(3)25-41(52)56-38-27-37-42(5)21-20-36(55-39(50)17-11-31-7-13-34(47)14-8-31)26-33(42)19-22-44(37,53)46(54)24-23-45(30(4)49,43(38,46)6)57-40(51)18-12-32-9-15-35(48)16-10-32/h7-19,25,28,36-38,53-54H,20-24,26-27H2,1-6H3/b17-11+,18-12+,29-25+/t36-,37+,38+,42-,43+,44-,45+,46+/m0/s1. The normalized spacial score (nSPS) is 33.6. The summed E-state index contributed by atoms with van der Waals surface area (Å²) in [5, 5.41) is 27.4. The minimum atomic E-state index is -2.04. The molecule has 4 aliphatic carbocycles. The molecule has 3 fully saturated rings. The average molecular weight is 820 g/mol. The molecule has 0 unspecified atom stereocenters. The molecule has 0 bridgehead atoms. The monoisotopic (exact) mass is 818 g/mol. The number of rotatable bonds is 10. The maximum atomic E-state index is 14.0. The zero-order valence-corrected chi connectivity index (χ0v) is 34.9. The molecule has 0 spiro atoms. The summed E-state index contributed by atoms with van der Waals surface area (Å²) >= 11 is 12.0. The van der Waals surface area contributed by atoms with Gasteiger partial charge in [-0.1, -0.05) is 85.5 Å². The van der Waals surface area contributed by atoms with E-state index in [0.29, 0.717) is 34.9 Å². The fraction of sp³-hybridized carbons (Fsp3) is 0.478. The average Bonchev–Trinajstić information content (AvgIpc) is 3.40. The van der Waals surface area contributed by atoms with Crippen molar-refractivity contribution >= 4 is 59.0 Å². The Labute approximate surface area is 344 Å². The number of fused-ring (bicyclic) bond motifs is 5. The number of hydrogen-bond donors (Lipinski definition) is 2. The third-order valence-corrected chi connectivity index (χ3v) is 14.2. The van der Waals surface area contributed by atoms with Gasteiger partial charge in [-0.2, -0.15) is 0 Å². The number of ketones is 1. The Hall–Kier alpha value is -4.02. The van der Waals surface area contributed by atoms with Crippen LogP contribution in [0.15, 0.2) is 84.0 Å². The van der Waals surface area contributed by atoms with E-state index in [-0.39, 0.29) is 31.6 Å². The van der Waals surface area contributed by atoms with Crippen LogP contribution in [0.3, 0.4) is 0 Å². The molecule has 0 saturated heterocycles. The van der Waals surface area contributed by atoms with Crippen molar-refractivity contribution in [2.45, 2.75) is 115 Å². The van der Waals surface area contributed by atoms with Crippen LogP contribution in [0.1, 0.15) is 97.6 Å². The zero-order chi connectivity index (χ0) is 41.6. The highest BCUT2D eigenvalue weighted by molar-refractivity contribution is 6.30. The first-order valence-corrected chi connectivity index (χ1v) is 20.4. The van der Waals surface area contributed by atoms with Crippen LogP contribution >= 0.6 is 23.2 Å². The first kappa shape index (κ1) is 42.6. The Bertz CT molecular complexity index is 2030. The molecule has 0 heterocycles. The predicted octanol–water partition coefficient (Wildman–Crippen LogP) is 8.82. The van der Waals surface area contributed by atoms with Gasteiger partial charge in [0, 0.05) is 40.6 Å². The van der Waals surface area contributed by atoms with Gasteiger partial charge in [0.25, 0.3) is 0 Å². The first-order valence-electron chi connectivity index (χ1n) is 19.6. The first-order chi connectivity index (χ1) is 26.8. The van der Waals surface area contributed by atoms with Crippen molar-refractivity contribution in [3.8, 4) is 0 Å². The molecule has 57 heavy (non-hydrogen) atoms. The lowest BCUT2D eigenvalue weighted by atomic mass is 9.42. The SMILES string of the molecule is CC(=O)[C@]1(OC(=O)/C=C/c2ccc(Cl)cc2)CC[C@@]2(O)[C@]1(C)[C@H](OC(=O)/C=C(\C)C(C)C)C[C@@H]1[C@@]3(C)CC[C@H](OC(=O)/C=C/c4ccc(Cl)cc4)CC3=CC[C@]12O. The summed E-state index contributed by atoms with van der Waals surface area (Å²) < 4.78 is 18.4. The van der Waals surface area contributed by atoms with Crippen LogP contribution in [0.4, 0.5) is 0 Å². The number of carbonyl (C=O) groups excluding carboxylic acids is 4. The minimum absolute atomic E-state index is 0.0250. The lowest BCUT2D eigenvalue weighted by molar-refractivity contribution is -0.315. The molecule has 8 atom stereocenters. The molecule has 2 N–H and O–H groups in total. The van der Waals surface area contributed by atoms with Crippen LogP contribution in [0.5, 0.6) is 0 Å². The van der Waals surface area contributed by atoms with E-state index in [1.807, 2.05) is 33.8 Å². The van der Waals surface area contributed by atoms with Gasteiger partial charge in [-0.05, 0) is 118 Å². The quantitative estimate of drug-likeness (QED) is 0.104. The zero-order valence-electron chi connectivity index (χ0n) is 33.4. The van der Waals surface area contributed by atoms with E-state index in [1.165, 1.54) is 31.2 Å². The summed E-state index contributed by atoms with van der Waals surface area (Å²) in [6.45, 7) is 10.7. The summed E-state index contributed by atoms with van der Waals surface area (Å²) in [6, 6.07) is 13.9. The number of esters is 3. The van der Waals surface area contributed by atoms with Gasteiger partial charge in [0.05, 0.1) is 5.41 Å². The molecule has 0 aliphatic heterocycles. The third kappa shape index (κ3) is 7.57. The van der Waals surface area contributed by atoms with Crippen molar-refractivity contribution < 1.29 is 43.6 Å². The van der Waals surface area contributed by atoms with Crippen molar-refractivity contribution in [3.63, 3.8) is 0 Å². The molecule has 0 aromatic heterocycles. The lowest BCUT2D eigenvalue weighted by Gasteiger charge is -2.67. The summed E-state index contributed by atoms with van der Waals surface area (Å²) in [7, 11) is 0. The van der Waals surface area contributed by atoms with Gasteiger partial charge in [-0.15, -0.1) is 0 Å². The second kappa shape index (κ2) is 16.0. The molecule has 4 aliphatic rings. The second-order valence-corrected chi connectivity index (χ2v) is 17.8. The number of carbonyl (C=O) groups is 4. The van der Waals surface area contributed by atoms with E-state index in [9.17, 15) is 29.4 Å². The Morgan fingerprint density at radius 3 is 1.95 bits per heavy atom. The largest absolute Gasteiger partial charge is 0.459 e. The summed E-state index contributed by atoms with van der Waals surface area (Å²) in [4.78, 5) is 54.3. The number of Topliss-reactive ketones (excluding diaryl/α,β-unsaturated/α-hetero) is 1. The molecule has 2 aromatic rings. The minimum Gasteiger partial charge on any atom is -0.459 e. The van der Waals surface area contributed by atoms with Crippen molar-refractivity contribution in [1.29, 1.82) is 0 Å².